The summed E-state index contributed by atoms with van der Waals surface area (Å²) in [5, 5.41) is 12.9. The summed E-state index contributed by atoms with van der Waals surface area (Å²) in [4.78, 5) is 17.4. The van der Waals surface area contributed by atoms with Crippen LogP contribution in [0.5, 0.6) is 0 Å². The van der Waals surface area contributed by atoms with E-state index in [2.05, 4.69) is 44.5 Å². The van der Waals surface area contributed by atoms with Crippen molar-refractivity contribution in [2.24, 2.45) is 5.92 Å². The first-order valence-electron chi connectivity index (χ1n) is 10.2. The van der Waals surface area contributed by atoms with Crippen LogP contribution in [0.2, 0.25) is 0 Å². The lowest BCUT2D eigenvalue weighted by atomic mass is 9.94. The van der Waals surface area contributed by atoms with Crippen molar-refractivity contribution in [2.45, 2.75) is 25.8 Å². The molecule has 29 heavy (non-hydrogen) atoms. The molecule has 0 N–H and O–H groups in total. The summed E-state index contributed by atoms with van der Waals surface area (Å²) in [5.74, 6) is 1.80. The third-order valence-electron chi connectivity index (χ3n) is 5.91. The molecule has 2 aliphatic heterocycles. The number of hydrogen-bond donors (Lipinski definition) is 0. The largest absolute Gasteiger partial charge is 0.354 e. The van der Waals surface area contributed by atoms with Gasteiger partial charge in [-0.1, -0.05) is 24.3 Å². The van der Waals surface area contributed by atoms with Crippen molar-refractivity contribution < 1.29 is 4.79 Å². The molecule has 7 nitrogen and oxygen atoms in total. The molecule has 0 bridgehead atoms. The van der Waals surface area contributed by atoms with Crippen LogP contribution in [0.1, 0.15) is 24.0 Å². The van der Waals surface area contributed by atoms with Crippen molar-refractivity contribution in [3.05, 3.63) is 66.0 Å². The van der Waals surface area contributed by atoms with Crippen LogP contribution in [0.4, 0.5) is 5.82 Å². The number of fused-ring (bicyclic) bond motifs is 1. The summed E-state index contributed by atoms with van der Waals surface area (Å²) < 4.78 is 1.69. The van der Waals surface area contributed by atoms with Crippen molar-refractivity contribution in [1.82, 2.24) is 24.9 Å². The van der Waals surface area contributed by atoms with Gasteiger partial charge in [0.2, 0.25) is 5.91 Å². The van der Waals surface area contributed by atoms with Crippen LogP contribution in [0.3, 0.4) is 0 Å². The van der Waals surface area contributed by atoms with Gasteiger partial charge in [0.25, 0.3) is 0 Å². The van der Waals surface area contributed by atoms with E-state index in [4.69, 9.17) is 0 Å². The first kappa shape index (κ1) is 17.8. The highest BCUT2D eigenvalue weighted by atomic mass is 16.2. The molecule has 1 atom stereocenters. The first-order chi connectivity index (χ1) is 14.3. The molecule has 3 aromatic rings. The SMILES string of the molecule is O=C(C1CCCN(c2ccc(-n3cccn3)nn2)C1)N1CCc2ccccc2C1. The number of benzene rings is 1. The smallest absolute Gasteiger partial charge is 0.227 e. The van der Waals surface area contributed by atoms with Crippen molar-refractivity contribution >= 4 is 11.7 Å². The van der Waals surface area contributed by atoms with Gasteiger partial charge in [0, 0.05) is 38.6 Å². The molecule has 1 fully saturated rings. The number of piperidine rings is 1. The number of anilines is 1. The van der Waals surface area contributed by atoms with Crippen LogP contribution < -0.4 is 4.90 Å². The summed E-state index contributed by atoms with van der Waals surface area (Å²) in [5.41, 5.74) is 2.65. The molecule has 1 amide bonds. The van der Waals surface area contributed by atoms with Crippen LogP contribution in [-0.4, -0.2) is 50.4 Å². The molecule has 0 radical (unpaired) electrons. The highest BCUT2D eigenvalue weighted by Crippen LogP contribution is 2.26. The van der Waals surface area contributed by atoms with Crippen LogP contribution in [0.25, 0.3) is 5.82 Å². The van der Waals surface area contributed by atoms with Crippen LogP contribution in [0, 0.1) is 5.92 Å². The number of amides is 1. The molecule has 2 aromatic heterocycles. The summed E-state index contributed by atoms with van der Waals surface area (Å²) in [6, 6.07) is 14.2. The van der Waals surface area contributed by atoms with E-state index >= 15 is 0 Å². The highest BCUT2D eigenvalue weighted by Gasteiger charge is 2.31. The molecule has 0 saturated carbocycles. The lowest BCUT2D eigenvalue weighted by Crippen LogP contribution is -2.46. The zero-order valence-electron chi connectivity index (χ0n) is 16.3. The van der Waals surface area contributed by atoms with Gasteiger partial charge in [-0.2, -0.15) is 5.10 Å². The second kappa shape index (κ2) is 7.66. The van der Waals surface area contributed by atoms with E-state index in [1.807, 2.05) is 29.3 Å². The Morgan fingerprint density at radius 1 is 0.966 bits per heavy atom. The summed E-state index contributed by atoms with van der Waals surface area (Å²) in [7, 11) is 0. The fraction of sp³-hybridized carbons (Fsp3) is 0.364. The van der Waals surface area contributed by atoms with Gasteiger partial charge in [-0.3, -0.25) is 4.79 Å². The van der Waals surface area contributed by atoms with Gasteiger partial charge in [0.15, 0.2) is 11.6 Å². The Kier molecular flexibility index (Phi) is 4.71. The van der Waals surface area contributed by atoms with E-state index in [1.165, 1.54) is 11.1 Å². The quantitative estimate of drug-likeness (QED) is 0.690. The summed E-state index contributed by atoms with van der Waals surface area (Å²) in [6.07, 6.45) is 6.43. The number of carbonyl (C=O) groups is 1. The molecule has 7 heteroatoms. The van der Waals surface area contributed by atoms with Crippen LogP contribution in [-0.2, 0) is 17.8 Å². The zero-order chi connectivity index (χ0) is 19.6. The van der Waals surface area contributed by atoms with E-state index in [0.717, 1.165) is 44.7 Å². The van der Waals surface area contributed by atoms with Gasteiger partial charge in [-0.05, 0) is 48.6 Å². The van der Waals surface area contributed by atoms with E-state index in [-0.39, 0.29) is 11.8 Å². The van der Waals surface area contributed by atoms with Crippen molar-refractivity contribution in [3.8, 4) is 5.82 Å². The molecule has 0 spiro atoms. The molecular weight excluding hydrogens is 364 g/mol. The van der Waals surface area contributed by atoms with E-state index in [0.29, 0.717) is 12.4 Å². The lowest BCUT2D eigenvalue weighted by Gasteiger charge is -2.37. The molecule has 4 heterocycles. The minimum atomic E-state index is 0.0154. The Balaban J connectivity index is 1.26. The molecule has 1 unspecified atom stereocenters. The predicted molar refractivity (Wildman–Crippen MR) is 110 cm³/mol. The maximum atomic E-state index is 13.2. The van der Waals surface area contributed by atoms with Gasteiger partial charge < -0.3 is 9.80 Å². The monoisotopic (exact) mass is 388 g/mol. The molecule has 1 aromatic carbocycles. The molecule has 1 saturated heterocycles. The van der Waals surface area contributed by atoms with Crippen molar-refractivity contribution in [2.75, 3.05) is 24.5 Å². The molecular formula is C22H24N6O. The topological polar surface area (TPSA) is 67.2 Å². The number of nitrogens with zero attached hydrogens (tertiary/aromatic N) is 6. The van der Waals surface area contributed by atoms with E-state index < -0.39 is 0 Å². The lowest BCUT2D eigenvalue weighted by molar-refractivity contribution is -0.136. The maximum absolute atomic E-state index is 13.2. The van der Waals surface area contributed by atoms with Crippen LogP contribution in [0.15, 0.2) is 54.9 Å². The van der Waals surface area contributed by atoms with Gasteiger partial charge >= 0.3 is 0 Å². The second-order valence-electron chi connectivity index (χ2n) is 7.76. The Labute approximate surface area is 170 Å². The third-order valence-corrected chi connectivity index (χ3v) is 5.91. The molecule has 5 rings (SSSR count). The fourth-order valence-electron chi connectivity index (χ4n) is 4.34. The van der Waals surface area contributed by atoms with Gasteiger partial charge in [0.05, 0.1) is 5.92 Å². The normalized spacial score (nSPS) is 19.1. The van der Waals surface area contributed by atoms with Crippen molar-refractivity contribution in [3.63, 3.8) is 0 Å². The van der Waals surface area contributed by atoms with E-state index in [9.17, 15) is 4.79 Å². The molecule has 148 valence electrons. The first-order valence-corrected chi connectivity index (χ1v) is 10.2. The van der Waals surface area contributed by atoms with Gasteiger partial charge in [-0.15, -0.1) is 10.2 Å². The minimum Gasteiger partial charge on any atom is -0.354 e. The van der Waals surface area contributed by atoms with Gasteiger partial charge in [0.1, 0.15) is 0 Å². The minimum absolute atomic E-state index is 0.0154. The fourth-order valence-corrected chi connectivity index (χ4v) is 4.34. The highest BCUT2D eigenvalue weighted by molar-refractivity contribution is 5.80. The predicted octanol–water partition coefficient (Wildman–Crippen LogP) is 2.46. The van der Waals surface area contributed by atoms with E-state index in [1.54, 1.807) is 10.9 Å². The van der Waals surface area contributed by atoms with Crippen LogP contribution >= 0.6 is 0 Å². The molecule has 2 aliphatic rings. The number of aromatic nitrogens is 4. The third kappa shape index (κ3) is 3.60. The number of rotatable bonds is 3. The number of carbonyl (C=O) groups excluding carboxylic acids is 1. The standard InChI is InChI=1S/C22H24N6O/c29-22(27-14-10-17-5-1-2-6-18(17)15-27)19-7-3-12-26(16-19)20-8-9-21(25-24-20)28-13-4-11-23-28/h1-2,4-6,8-9,11,13,19H,3,7,10,12,14-16H2. The molecule has 0 aliphatic carbocycles. The zero-order valence-corrected chi connectivity index (χ0v) is 16.3. The second-order valence-corrected chi connectivity index (χ2v) is 7.76. The summed E-state index contributed by atoms with van der Waals surface area (Å²) >= 11 is 0. The Bertz CT molecular complexity index is 985. The van der Waals surface area contributed by atoms with Gasteiger partial charge in [-0.25, -0.2) is 4.68 Å². The summed E-state index contributed by atoms with van der Waals surface area (Å²) in [6.45, 7) is 3.14. The maximum Gasteiger partial charge on any atom is 0.227 e. The number of hydrogen-bond acceptors (Lipinski definition) is 5. The Morgan fingerprint density at radius 2 is 1.79 bits per heavy atom. The Hall–Kier alpha value is -3.22. The average Bonchev–Trinajstić information content (AvgIpc) is 3.33. The Morgan fingerprint density at radius 3 is 2.59 bits per heavy atom. The average molecular weight is 388 g/mol. The van der Waals surface area contributed by atoms with Crippen molar-refractivity contribution in [1.29, 1.82) is 0 Å².